The summed E-state index contributed by atoms with van der Waals surface area (Å²) in [6.07, 6.45) is -1.86. The number of rotatable bonds is 10. The minimum Gasteiger partial charge on any atom is -0.463 e. The van der Waals surface area contributed by atoms with Crippen molar-refractivity contribution < 1.29 is 28.4 Å². The van der Waals surface area contributed by atoms with Crippen LogP contribution in [0.4, 0.5) is 10.5 Å². The molecule has 0 heterocycles. The highest BCUT2D eigenvalue weighted by Crippen LogP contribution is 2.35. The molecule has 1 atom stereocenters. The molecule has 174 valence electrons. The predicted molar refractivity (Wildman–Crippen MR) is 117 cm³/mol. The Morgan fingerprint density at radius 1 is 1.12 bits per heavy atom. The molecule has 0 spiro atoms. The average Bonchev–Trinajstić information content (AvgIpc) is 2.76. The molecule has 2 N–H and O–H groups in total. The van der Waals surface area contributed by atoms with Gasteiger partial charge in [-0.05, 0) is 30.0 Å². The summed E-state index contributed by atoms with van der Waals surface area (Å²) in [4.78, 5) is 21.9. The Balaban J connectivity index is 2.71. The largest absolute Gasteiger partial charge is 0.463 e. The molecule has 2 aromatic carbocycles. The molecular formula is C21H27N3O7S. The van der Waals surface area contributed by atoms with Gasteiger partial charge in [0, 0.05) is 25.1 Å². The van der Waals surface area contributed by atoms with Crippen molar-refractivity contribution in [2.45, 2.75) is 44.2 Å². The molecule has 11 heteroatoms. The number of amides is 1. The highest BCUT2D eigenvalue weighted by Gasteiger charge is 2.49. The van der Waals surface area contributed by atoms with Gasteiger partial charge >= 0.3 is 6.09 Å². The van der Waals surface area contributed by atoms with E-state index < -0.39 is 26.7 Å². The zero-order valence-corrected chi connectivity index (χ0v) is 18.9. The van der Waals surface area contributed by atoms with Gasteiger partial charge in [0.1, 0.15) is 5.66 Å². The molecule has 2 aromatic rings. The number of sulfonamides is 1. The number of hydroxylamine groups is 2. The van der Waals surface area contributed by atoms with Gasteiger partial charge in [0.2, 0.25) is 10.0 Å². The van der Waals surface area contributed by atoms with E-state index in [1.807, 2.05) is 0 Å². The van der Waals surface area contributed by atoms with Gasteiger partial charge in [-0.15, -0.1) is 0 Å². The molecule has 2 rings (SSSR count). The third kappa shape index (κ3) is 5.23. The molecule has 32 heavy (non-hydrogen) atoms. The Bertz CT molecular complexity index is 1040. The SMILES string of the molecule is CCC(Cc1ccccc1)(N(O)C(=O)O)N(CC(C)C)S(=O)(=O)c1ccc([N+](=O)[O-])cc1. The third-order valence-corrected chi connectivity index (χ3v) is 7.04. The van der Waals surface area contributed by atoms with E-state index >= 15 is 0 Å². The van der Waals surface area contributed by atoms with E-state index in [4.69, 9.17) is 0 Å². The molecule has 0 saturated carbocycles. The predicted octanol–water partition coefficient (Wildman–Crippen LogP) is 3.96. The van der Waals surface area contributed by atoms with Crippen LogP contribution in [0.1, 0.15) is 32.8 Å². The fraction of sp³-hybridized carbons (Fsp3) is 0.381. The Morgan fingerprint density at radius 3 is 2.12 bits per heavy atom. The maximum absolute atomic E-state index is 13.7. The Hall–Kier alpha value is -3.02. The Morgan fingerprint density at radius 2 is 1.69 bits per heavy atom. The van der Waals surface area contributed by atoms with E-state index in [2.05, 4.69) is 0 Å². The smallest absolute Gasteiger partial charge is 0.433 e. The van der Waals surface area contributed by atoms with E-state index in [-0.39, 0.29) is 41.0 Å². The van der Waals surface area contributed by atoms with Gasteiger partial charge in [-0.25, -0.2) is 13.2 Å². The Kier molecular flexibility index (Phi) is 7.94. The van der Waals surface area contributed by atoms with Crippen LogP contribution in [-0.2, 0) is 16.4 Å². The minimum absolute atomic E-state index is 0.0469. The van der Waals surface area contributed by atoms with Gasteiger partial charge in [0.15, 0.2) is 0 Å². The van der Waals surface area contributed by atoms with Crippen molar-refractivity contribution in [1.82, 2.24) is 9.37 Å². The van der Waals surface area contributed by atoms with Crippen LogP contribution in [0, 0.1) is 16.0 Å². The molecular weight excluding hydrogens is 438 g/mol. The van der Waals surface area contributed by atoms with Gasteiger partial charge in [0.25, 0.3) is 5.69 Å². The van der Waals surface area contributed by atoms with Gasteiger partial charge < -0.3 is 5.11 Å². The number of non-ortho nitro benzene ring substituents is 1. The number of carbonyl (C=O) groups is 1. The van der Waals surface area contributed by atoms with Crippen LogP contribution in [-0.4, -0.2) is 51.3 Å². The summed E-state index contributed by atoms with van der Waals surface area (Å²) in [5.74, 6) is -0.216. The lowest BCUT2D eigenvalue weighted by Crippen LogP contribution is -2.64. The first-order valence-corrected chi connectivity index (χ1v) is 11.4. The number of hydrogen-bond acceptors (Lipinski definition) is 6. The number of nitro groups is 1. The zero-order chi connectivity index (χ0) is 24.1. The maximum Gasteiger partial charge on any atom is 0.433 e. The van der Waals surface area contributed by atoms with Crippen LogP contribution < -0.4 is 0 Å². The molecule has 0 radical (unpaired) electrons. The highest BCUT2D eigenvalue weighted by molar-refractivity contribution is 7.89. The standard InChI is InChI=1S/C21H27N3O7S/c1-4-21(23(27)20(25)26,14-17-8-6-5-7-9-17)22(15-16(2)3)32(30,31)19-12-10-18(11-13-19)24(28)29/h5-13,16,27H,4,14-15H2,1-3H3,(H,25,26). The number of hydrogen-bond donors (Lipinski definition) is 2. The van der Waals surface area contributed by atoms with Crippen LogP contribution in [0.3, 0.4) is 0 Å². The molecule has 1 unspecified atom stereocenters. The second-order valence-corrected chi connectivity index (χ2v) is 9.64. The second kappa shape index (κ2) is 10.1. The van der Waals surface area contributed by atoms with E-state index in [1.54, 1.807) is 51.1 Å². The van der Waals surface area contributed by atoms with Gasteiger partial charge in [-0.2, -0.15) is 9.37 Å². The van der Waals surface area contributed by atoms with Gasteiger partial charge in [-0.1, -0.05) is 51.1 Å². The van der Waals surface area contributed by atoms with Crippen LogP contribution >= 0.6 is 0 Å². The first-order valence-electron chi connectivity index (χ1n) is 9.99. The van der Waals surface area contributed by atoms with Crippen LogP contribution in [0.15, 0.2) is 59.5 Å². The third-order valence-electron chi connectivity index (χ3n) is 5.10. The Labute approximate surface area is 186 Å². The van der Waals surface area contributed by atoms with Crippen LogP contribution in [0.5, 0.6) is 0 Å². The summed E-state index contributed by atoms with van der Waals surface area (Å²) >= 11 is 0. The van der Waals surface area contributed by atoms with Crippen molar-refractivity contribution in [3.63, 3.8) is 0 Å². The van der Waals surface area contributed by atoms with E-state index in [0.717, 1.165) is 28.6 Å². The molecule has 0 aromatic heterocycles. The molecule has 0 aliphatic carbocycles. The summed E-state index contributed by atoms with van der Waals surface area (Å²) in [7, 11) is -4.36. The molecule has 0 bridgehead atoms. The molecule has 0 aliphatic heterocycles. The van der Waals surface area contributed by atoms with Crippen molar-refractivity contribution in [2.75, 3.05) is 6.54 Å². The summed E-state index contributed by atoms with van der Waals surface area (Å²) in [5, 5.41) is 31.3. The first kappa shape index (κ1) is 25.2. The second-order valence-electron chi connectivity index (χ2n) is 7.77. The lowest BCUT2D eigenvalue weighted by Gasteiger charge is -2.46. The fourth-order valence-electron chi connectivity index (χ4n) is 3.51. The molecule has 0 saturated heterocycles. The molecule has 0 fully saturated rings. The highest BCUT2D eigenvalue weighted by atomic mass is 32.2. The molecule has 0 aliphatic rings. The summed E-state index contributed by atoms with van der Waals surface area (Å²) in [6, 6.07) is 13.0. The monoisotopic (exact) mass is 465 g/mol. The van der Waals surface area contributed by atoms with E-state index in [0.29, 0.717) is 5.56 Å². The van der Waals surface area contributed by atoms with Gasteiger partial charge in [-0.3, -0.25) is 15.3 Å². The normalized spacial score (nSPS) is 13.7. The summed E-state index contributed by atoms with van der Waals surface area (Å²) < 4.78 is 28.4. The van der Waals surface area contributed by atoms with Gasteiger partial charge in [0.05, 0.1) is 9.82 Å². The van der Waals surface area contributed by atoms with Crippen molar-refractivity contribution in [1.29, 1.82) is 0 Å². The number of benzene rings is 2. The average molecular weight is 466 g/mol. The van der Waals surface area contributed by atoms with Crippen molar-refractivity contribution in [3.8, 4) is 0 Å². The number of nitrogens with zero attached hydrogens (tertiary/aromatic N) is 3. The van der Waals surface area contributed by atoms with Crippen LogP contribution in [0.2, 0.25) is 0 Å². The summed E-state index contributed by atoms with van der Waals surface area (Å²) in [6.45, 7) is 5.03. The quantitative estimate of drug-likeness (QED) is 0.234. The van der Waals surface area contributed by atoms with Crippen molar-refractivity contribution in [2.24, 2.45) is 5.92 Å². The fourth-order valence-corrected chi connectivity index (χ4v) is 5.46. The maximum atomic E-state index is 13.7. The zero-order valence-electron chi connectivity index (χ0n) is 18.1. The lowest BCUT2D eigenvalue weighted by atomic mass is 9.95. The first-order chi connectivity index (χ1) is 15.0. The van der Waals surface area contributed by atoms with Crippen molar-refractivity contribution in [3.05, 3.63) is 70.3 Å². The summed E-state index contributed by atoms with van der Waals surface area (Å²) in [5.41, 5.74) is -1.50. The topological polar surface area (TPSA) is 141 Å². The minimum atomic E-state index is -4.36. The van der Waals surface area contributed by atoms with Crippen LogP contribution in [0.25, 0.3) is 0 Å². The van der Waals surface area contributed by atoms with Crippen molar-refractivity contribution >= 4 is 21.8 Å². The van der Waals surface area contributed by atoms with E-state index in [1.165, 1.54) is 0 Å². The number of nitro benzene ring substituents is 1. The molecule has 1 amide bonds. The lowest BCUT2D eigenvalue weighted by molar-refractivity contribution is -0.384. The molecule has 10 nitrogen and oxygen atoms in total. The van der Waals surface area contributed by atoms with E-state index in [9.17, 15) is 33.6 Å². The number of carboxylic acid groups (broad SMARTS) is 1.